The summed E-state index contributed by atoms with van der Waals surface area (Å²) in [7, 11) is 1.30. The molecule has 0 fully saturated rings. The molecule has 1 aromatic carbocycles. The summed E-state index contributed by atoms with van der Waals surface area (Å²) < 4.78 is 9.34. The van der Waals surface area contributed by atoms with E-state index in [0.29, 0.717) is 12.1 Å². The second-order valence-electron chi connectivity index (χ2n) is 4.04. The van der Waals surface area contributed by atoms with Crippen molar-refractivity contribution in [2.45, 2.75) is 12.5 Å². The molecule has 0 aromatic heterocycles. The summed E-state index contributed by atoms with van der Waals surface area (Å²) in [5, 5.41) is 2.56. The standard InChI is InChI=1S/C14H18N2O4/c1-3-8-20-14(18)16-11-6-4-10(5-7-11)9-12(15)13(17)19-2/h3-7,12H,1,8-9,15H2,2H3,(H,16,18)/t12-/m0/s1. The average molecular weight is 278 g/mol. The van der Waals surface area contributed by atoms with Gasteiger partial charge in [0.1, 0.15) is 12.6 Å². The first-order valence-electron chi connectivity index (χ1n) is 6.04. The van der Waals surface area contributed by atoms with Crippen molar-refractivity contribution >= 4 is 17.7 Å². The van der Waals surface area contributed by atoms with Gasteiger partial charge in [-0.3, -0.25) is 10.1 Å². The third kappa shape index (κ3) is 5.11. The maximum Gasteiger partial charge on any atom is 0.411 e. The third-order valence-electron chi connectivity index (χ3n) is 2.49. The highest BCUT2D eigenvalue weighted by Gasteiger charge is 2.14. The van der Waals surface area contributed by atoms with E-state index >= 15 is 0 Å². The molecule has 1 atom stereocenters. The summed E-state index contributed by atoms with van der Waals surface area (Å²) in [6, 6.07) is 6.25. The van der Waals surface area contributed by atoms with E-state index in [9.17, 15) is 9.59 Å². The lowest BCUT2D eigenvalue weighted by atomic mass is 10.1. The van der Waals surface area contributed by atoms with E-state index in [1.807, 2.05) is 0 Å². The smallest absolute Gasteiger partial charge is 0.411 e. The van der Waals surface area contributed by atoms with Gasteiger partial charge < -0.3 is 15.2 Å². The molecule has 3 N–H and O–H groups in total. The fourth-order valence-electron chi connectivity index (χ4n) is 1.50. The number of rotatable bonds is 6. The zero-order valence-electron chi connectivity index (χ0n) is 11.3. The molecule has 0 aliphatic heterocycles. The van der Waals surface area contributed by atoms with Gasteiger partial charge in [-0.1, -0.05) is 24.8 Å². The summed E-state index contributed by atoms with van der Waals surface area (Å²) in [5.74, 6) is -0.458. The maximum absolute atomic E-state index is 11.3. The van der Waals surface area contributed by atoms with Gasteiger partial charge >= 0.3 is 12.1 Å². The predicted octanol–water partition coefficient (Wildman–Crippen LogP) is 1.46. The Balaban J connectivity index is 2.53. The fourth-order valence-corrected chi connectivity index (χ4v) is 1.50. The topological polar surface area (TPSA) is 90.6 Å². The molecule has 0 aliphatic carbocycles. The lowest BCUT2D eigenvalue weighted by Gasteiger charge is -2.10. The van der Waals surface area contributed by atoms with Crippen LogP contribution >= 0.6 is 0 Å². The Morgan fingerprint density at radius 3 is 2.60 bits per heavy atom. The minimum atomic E-state index is -0.698. The molecular formula is C14H18N2O4. The number of benzene rings is 1. The van der Waals surface area contributed by atoms with Crippen LogP contribution in [0, 0.1) is 0 Å². The van der Waals surface area contributed by atoms with Crippen molar-refractivity contribution in [3.05, 3.63) is 42.5 Å². The van der Waals surface area contributed by atoms with Crippen molar-refractivity contribution in [2.24, 2.45) is 5.73 Å². The fraction of sp³-hybridized carbons (Fsp3) is 0.286. The van der Waals surface area contributed by atoms with Crippen LogP contribution in [-0.4, -0.2) is 31.8 Å². The molecule has 108 valence electrons. The van der Waals surface area contributed by atoms with Gasteiger partial charge in [0.05, 0.1) is 7.11 Å². The van der Waals surface area contributed by atoms with E-state index in [1.165, 1.54) is 13.2 Å². The van der Waals surface area contributed by atoms with E-state index in [0.717, 1.165) is 5.56 Å². The summed E-state index contributed by atoms with van der Waals surface area (Å²) in [4.78, 5) is 22.5. The largest absolute Gasteiger partial charge is 0.468 e. The Bertz CT molecular complexity index is 471. The Hall–Kier alpha value is -2.34. The Morgan fingerprint density at radius 2 is 2.05 bits per heavy atom. The van der Waals surface area contributed by atoms with Crippen molar-refractivity contribution in [3.63, 3.8) is 0 Å². The second kappa shape index (κ2) is 7.96. The summed E-state index contributed by atoms with van der Waals surface area (Å²) in [5.41, 5.74) is 7.12. The average Bonchev–Trinajstić information content (AvgIpc) is 2.46. The number of anilines is 1. The summed E-state index contributed by atoms with van der Waals surface area (Å²) in [6.07, 6.45) is 1.30. The van der Waals surface area contributed by atoms with E-state index in [1.54, 1.807) is 24.3 Å². The molecule has 1 rings (SSSR count). The van der Waals surface area contributed by atoms with Crippen LogP contribution in [0.25, 0.3) is 0 Å². The molecule has 6 heteroatoms. The zero-order chi connectivity index (χ0) is 15.0. The van der Waals surface area contributed by atoms with Gasteiger partial charge in [-0.2, -0.15) is 0 Å². The van der Waals surface area contributed by atoms with Crippen molar-refractivity contribution in [1.82, 2.24) is 0 Å². The predicted molar refractivity (Wildman–Crippen MR) is 75.3 cm³/mol. The van der Waals surface area contributed by atoms with E-state index in [4.69, 9.17) is 10.5 Å². The number of carbonyl (C=O) groups excluding carboxylic acids is 2. The van der Waals surface area contributed by atoms with Gasteiger partial charge in [0.2, 0.25) is 0 Å². The number of carbonyl (C=O) groups is 2. The highest BCUT2D eigenvalue weighted by atomic mass is 16.5. The molecule has 1 aromatic rings. The number of ether oxygens (including phenoxy) is 2. The molecule has 0 heterocycles. The highest BCUT2D eigenvalue weighted by molar-refractivity contribution is 5.84. The highest BCUT2D eigenvalue weighted by Crippen LogP contribution is 2.11. The Morgan fingerprint density at radius 1 is 1.40 bits per heavy atom. The van der Waals surface area contributed by atoms with Gasteiger partial charge in [-0.15, -0.1) is 0 Å². The molecule has 0 unspecified atom stereocenters. The number of esters is 1. The van der Waals surface area contributed by atoms with Gasteiger partial charge in [0, 0.05) is 5.69 Å². The normalized spacial score (nSPS) is 11.3. The lowest BCUT2D eigenvalue weighted by Crippen LogP contribution is -2.33. The summed E-state index contributed by atoms with van der Waals surface area (Å²) in [6.45, 7) is 3.60. The van der Waals surface area contributed by atoms with Crippen molar-refractivity contribution in [1.29, 1.82) is 0 Å². The first-order valence-corrected chi connectivity index (χ1v) is 6.04. The first kappa shape index (κ1) is 15.7. The summed E-state index contributed by atoms with van der Waals surface area (Å²) >= 11 is 0. The number of nitrogens with two attached hydrogens (primary N) is 1. The van der Waals surface area contributed by atoms with Gasteiger partial charge in [-0.25, -0.2) is 4.79 Å². The quantitative estimate of drug-likeness (QED) is 0.607. The van der Waals surface area contributed by atoms with Crippen LogP contribution in [0.3, 0.4) is 0 Å². The van der Waals surface area contributed by atoms with E-state index in [-0.39, 0.29) is 6.61 Å². The van der Waals surface area contributed by atoms with Gasteiger partial charge in [0.25, 0.3) is 0 Å². The number of methoxy groups -OCH3 is 1. The van der Waals surface area contributed by atoms with Gasteiger partial charge in [-0.05, 0) is 24.1 Å². The minimum Gasteiger partial charge on any atom is -0.468 e. The monoisotopic (exact) mass is 278 g/mol. The van der Waals surface area contributed by atoms with E-state index in [2.05, 4.69) is 16.6 Å². The molecule has 0 saturated heterocycles. The zero-order valence-corrected chi connectivity index (χ0v) is 11.3. The molecule has 6 nitrogen and oxygen atoms in total. The maximum atomic E-state index is 11.3. The molecule has 1 amide bonds. The number of amides is 1. The Labute approximate surface area is 117 Å². The second-order valence-corrected chi connectivity index (χ2v) is 4.04. The van der Waals surface area contributed by atoms with Crippen LogP contribution in [0.1, 0.15) is 5.56 Å². The molecule has 20 heavy (non-hydrogen) atoms. The lowest BCUT2D eigenvalue weighted by molar-refractivity contribution is -0.142. The third-order valence-corrected chi connectivity index (χ3v) is 2.49. The SMILES string of the molecule is C=CCOC(=O)Nc1ccc(C[C@H](N)C(=O)OC)cc1. The van der Waals surface area contributed by atoms with Crippen molar-refractivity contribution in [3.8, 4) is 0 Å². The number of hydrogen-bond acceptors (Lipinski definition) is 5. The number of nitrogens with one attached hydrogen (secondary N) is 1. The van der Waals surface area contributed by atoms with Crippen molar-refractivity contribution < 1.29 is 19.1 Å². The van der Waals surface area contributed by atoms with Crippen molar-refractivity contribution in [2.75, 3.05) is 19.0 Å². The molecule has 0 saturated carbocycles. The Kier molecular flexibility index (Phi) is 6.25. The van der Waals surface area contributed by atoms with Crippen LogP contribution in [0.4, 0.5) is 10.5 Å². The molecule has 0 radical (unpaired) electrons. The molecule has 0 bridgehead atoms. The molecule has 0 spiro atoms. The van der Waals surface area contributed by atoms with Crippen LogP contribution in [-0.2, 0) is 20.7 Å². The van der Waals surface area contributed by atoms with Crippen LogP contribution < -0.4 is 11.1 Å². The first-order chi connectivity index (χ1) is 9.56. The number of hydrogen-bond donors (Lipinski definition) is 2. The van der Waals surface area contributed by atoms with Crippen LogP contribution in [0.15, 0.2) is 36.9 Å². The minimum absolute atomic E-state index is 0.151. The van der Waals surface area contributed by atoms with Crippen LogP contribution in [0.2, 0.25) is 0 Å². The molecule has 0 aliphatic rings. The molecular weight excluding hydrogens is 260 g/mol. The van der Waals surface area contributed by atoms with E-state index < -0.39 is 18.1 Å². The van der Waals surface area contributed by atoms with Gasteiger partial charge in [0.15, 0.2) is 0 Å². The van der Waals surface area contributed by atoms with Crippen LogP contribution in [0.5, 0.6) is 0 Å².